The molecule has 0 aromatic carbocycles. The Kier molecular flexibility index (Phi) is 2.64. The standard InChI is InChI=1S/C8H6N4O3S/c13-7(5-3-9-12-11-5)10-4-1-2-16-6(4)8(14)15/h1-3H,(H,10,13)(H,14,15)(H,9,11,12). The van der Waals surface area contributed by atoms with Crippen LogP contribution >= 0.6 is 11.3 Å². The number of carboxylic acid groups (broad SMARTS) is 1. The van der Waals surface area contributed by atoms with Crippen LogP contribution < -0.4 is 5.32 Å². The number of hydrogen-bond donors (Lipinski definition) is 3. The highest BCUT2D eigenvalue weighted by Gasteiger charge is 2.15. The first-order chi connectivity index (χ1) is 7.68. The van der Waals surface area contributed by atoms with Crippen LogP contribution in [0.4, 0.5) is 5.69 Å². The molecule has 2 aromatic heterocycles. The number of H-pyrrole nitrogens is 1. The molecule has 0 aliphatic carbocycles. The Hall–Kier alpha value is -2.22. The van der Waals surface area contributed by atoms with E-state index in [1.807, 2.05) is 0 Å². The number of hydrogen-bond acceptors (Lipinski definition) is 5. The minimum absolute atomic E-state index is 0.0804. The van der Waals surface area contributed by atoms with E-state index in [4.69, 9.17) is 5.11 Å². The van der Waals surface area contributed by atoms with Crippen molar-refractivity contribution in [3.8, 4) is 0 Å². The van der Waals surface area contributed by atoms with Gasteiger partial charge in [0, 0.05) is 0 Å². The van der Waals surface area contributed by atoms with Crippen molar-refractivity contribution < 1.29 is 14.7 Å². The number of anilines is 1. The number of nitrogens with one attached hydrogen (secondary N) is 2. The van der Waals surface area contributed by atoms with Gasteiger partial charge in [0.15, 0.2) is 5.69 Å². The number of aromatic nitrogens is 3. The van der Waals surface area contributed by atoms with Crippen molar-refractivity contribution in [2.75, 3.05) is 5.32 Å². The number of thiophene rings is 1. The molecule has 0 aliphatic rings. The summed E-state index contributed by atoms with van der Waals surface area (Å²) in [4.78, 5) is 22.4. The van der Waals surface area contributed by atoms with E-state index in [0.717, 1.165) is 11.3 Å². The molecule has 0 bridgehead atoms. The summed E-state index contributed by atoms with van der Waals surface area (Å²) in [5, 5.41) is 22.2. The average Bonchev–Trinajstić information content (AvgIpc) is 2.86. The molecule has 0 unspecified atom stereocenters. The molecule has 2 heterocycles. The van der Waals surface area contributed by atoms with Crippen LogP contribution in [0.2, 0.25) is 0 Å². The molecule has 0 atom stereocenters. The lowest BCUT2D eigenvalue weighted by atomic mass is 10.3. The Morgan fingerprint density at radius 2 is 2.31 bits per heavy atom. The quantitative estimate of drug-likeness (QED) is 0.733. The number of rotatable bonds is 3. The summed E-state index contributed by atoms with van der Waals surface area (Å²) in [5.74, 6) is -1.58. The first-order valence-electron chi connectivity index (χ1n) is 4.16. The molecule has 2 aromatic rings. The van der Waals surface area contributed by atoms with Crippen LogP contribution in [-0.2, 0) is 0 Å². The van der Waals surface area contributed by atoms with Gasteiger partial charge in [-0.1, -0.05) is 0 Å². The second-order valence-electron chi connectivity index (χ2n) is 2.78. The molecular weight excluding hydrogens is 232 g/mol. The van der Waals surface area contributed by atoms with E-state index in [9.17, 15) is 9.59 Å². The van der Waals surface area contributed by atoms with Gasteiger partial charge in [0.1, 0.15) is 4.88 Å². The number of carboxylic acids is 1. The molecule has 82 valence electrons. The van der Waals surface area contributed by atoms with Crippen molar-refractivity contribution in [3.05, 3.63) is 28.2 Å². The molecule has 0 spiro atoms. The lowest BCUT2D eigenvalue weighted by molar-refractivity contribution is 0.0703. The van der Waals surface area contributed by atoms with E-state index in [-0.39, 0.29) is 16.3 Å². The molecule has 1 amide bonds. The summed E-state index contributed by atoms with van der Waals surface area (Å²) in [6.07, 6.45) is 1.25. The van der Waals surface area contributed by atoms with Gasteiger partial charge in [-0.2, -0.15) is 15.4 Å². The van der Waals surface area contributed by atoms with Crippen LogP contribution in [0, 0.1) is 0 Å². The second kappa shape index (κ2) is 4.11. The van der Waals surface area contributed by atoms with Crippen molar-refractivity contribution in [1.29, 1.82) is 0 Å². The van der Waals surface area contributed by atoms with Crippen LogP contribution in [0.1, 0.15) is 20.2 Å². The van der Waals surface area contributed by atoms with Gasteiger partial charge in [0.25, 0.3) is 5.91 Å². The number of carbonyl (C=O) groups is 2. The van der Waals surface area contributed by atoms with Crippen LogP contribution in [0.15, 0.2) is 17.6 Å². The summed E-state index contributed by atoms with van der Waals surface area (Å²) >= 11 is 1.04. The van der Waals surface area contributed by atoms with Crippen molar-refractivity contribution in [2.45, 2.75) is 0 Å². The fourth-order valence-corrected chi connectivity index (χ4v) is 1.76. The van der Waals surface area contributed by atoms with Gasteiger partial charge in [0.2, 0.25) is 0 Å². The van der Waals surface area contributed by atoms with Gasteiger partial charge in [-0.3, -0.25) is 4.79 Å². The third kappa shape index (κ3) is 1.91. The highest BCUT2D eigenvalue weighted by atomic mass is 32.1. The van der Waals surface area contributed by atoms with Crippen molar-refractivity contribution in [1.82, 2.24) is 15.4 Å². The number of carbonyl (C=O) groups excluding carboxylic acids is 1. The third-order valence-corrected chi connectivity index (χ3v) is 2.66. The van der Waals surface area contributed by atoms with Gasteiger partial charge >= 0.3 is 5.97 Å². The van der Waals surface area contributed by atoms with E-state index in [1.54, 1.807) is 5.38 Å². The maximum atomic E-state index is 11.5. The van der Waals surface area contributed by atoms with Crippen molar-refractivity contribution in [3.63, 3.8) is 0 Å². The second-order valence-corrected chi connectivity index (χ2v) is 3.69. The van der Waals surface area contributed by atoms with E-state index < -0.39 is 11.9 Å². The molecule has 7 nitrogen and oxygen atoms in total. The van der Waals surface area contributed by atoms with Crippen LogP contribution in [0.25, 0.3) is 0 Å². The van der Waals surface area contributed by atoms with E-state index in [2.05, 4.69) is 20.7 Å². The Morgan fingerprint density at radius 3 is 2.94 bits per heavy atom. The van der Waals surface area contributed by atoms with Gasteiger partial charge in [-0.25, -0.2) is 4.79 Å². The number of aromatic amines is 1. The first kappa shape index (κ1) is 10.3. The van der Waals surface area contributed by atoms with Crippen LogP contribution in [0.5, 0.6) is 0 Å². The average molecular weight is 238 g/mol. The maximum absolute atomic E-state index is 11.5. The highest BCUT2D eigenvalue weighted by Crippen LogP contribution is 2.22. The predicted octanol–water partition coefficient (Wildman–Crippen LogP) is 0.817. The Bertz CT molecular complexity index is 519. The molecule has 2 rings (SSSR count). The molecule has 16 heavy (non-hydrogen) atoms. The summed E-state index contributed by atoms with van der Waals surface area (Å²) in [6, 6.07) is 1.52. The van der Waals surface area contributed by atoms with E-state index in [0.29, 0.717) is 0 Å². The topological polar surface area (TPSA) is 108 Å². The highest BCUT2D eigenvalue weighted by molar-refractivity contribution is 7.12. The molecule has 0 radical (unpaired) electrons. The third-order valence-electron chi connectivity index (χ3n) is 1.76. The number of amides is 1. The molecule has 0 fully saturated rings. The summed E-state index contributed by atoms with van der Waals surface area (Å²) < 4.78 is 0. The minimum atomic E-state index is -1.08. The van der Waals surface area contributed by atoms with Crippen LogP contribution in [0.3, 0.4) is 0 Å². The smallest absolute Gasteiger partial charge is 0.348 e. The molecule has 0 saturated heterocycles. The lowest BCUT2D eigenvalue weighted by Crippen LogP contribution is -2.13. The largest absolute Gasteiger partial charge is 0.477 e. The maximum Gasteiger partial charge on any atom is 0.348 e. The Balaban J connectivity index is 2.18. The molecule has 3 N–H and O–H groups in total. The number of aromatic carboxylic acids is 1. The fourth-order valence-electron chi connectivity index (χ4n) is 1.07. The Morgan fingerprint density at radius 1 is 1.50 bits per heavy atom. The van der Waals surface area contributed by atoms with Gasteiger partial charge < -0.3 is 10.4 Å². The fraction of sp³-hybridized carbons (Fsp3) is 0. The normalized spacial score (nSPS) is 10.0. The summed E-state index contributed by atoms with van der Waals surface area (Å²) in [6.45, 7) is 0. The number of nitrogens with zero attached hydrogens (tertiary/aromatic N) is 2. The zero-order chi connectivity index (χ0) is 11.5. The zero-order valence-corrected chi connectivity index (χ0v) is 8.61. The first-order valence-corrected chi connectivity index (χ1v) is 5.04. The molecule has 0 saturated carbocycles. The summed E-state index contributed by atoms with van der Waals surface area (Å²) in [7, 11) is 0. The van der Waals surface area contributed by atoms with Crippen LogP contribution in [-0.4, -0.2) is 32.4 Å². The monoisotopic (exact) mass is 238 g/mol. The molecule has 0 aliphatic heterocycles. The van der Waals surface area contributed by atoms with Crippen molar-refractivity contribution in [2.24, 2.45) is 0 Å². The SMILES string of the molecule is O=C(Nc1ccsc1C(=O)O)c1cn[nH]n1. The van der Waals surface area contributed by atoms with E-state index in [1.165, 1.54) is 12.3 Å². The summed E-state index contributed by atoms with van der Waals surface area (Å²) in [5.41, 5.74) is 0.355. The molecular formula is C8H6N4O3S. The van der Waals surface area contributed by atoms with Gasteiger partial charge in [-0.05, 0) is 11.4 Å². The van der Waals surface area contributed by atoms with Gasteiger partial charge in [-0.15, -0.1) is 11.3 Å². The lowest BCUT2D eigenvalue weighted by Gasteiger charge is -2.00. The minimum Gasteiger partial charge on any atom is -0.477 e. The Labute approximate surface area is 93.1 Å². The zero-order valence-electron chi connectivity index (χ0n) is 7.80. The van der Waals surface area contributed by atoms with Crippen molar-refractivity contribution >= 4 is 28.9 Å². The molecule has 8 heteroatoms. The van der Waals surface area contributed by atoms with Gasteiger partial charge in [0.05, 0.1) is 11.9 Å². The van der Waals surface area contributed by atoms with E-state index >= 15 is 0 Å². The predicted molar refractivity (Wildman–Crippen MR) is 55.6 cm³/mol.